The molecule has 0 aromatic heterocycles. The van der Waals surface area contributed by atoms with Gasteiger partial charge in [-0.25, -0.2) is 27.6 Å². The first-order valence-corrected chi connectivity index (χ1v) is 47.7. The fourth-order valence-corrected chi connectivity index (χ4v) is 30.2. The summed E-state index contributed by atoms with van der Waals surface area (Å²) < 4.78 is 66.5. The van der Waals surface area contributed by atoms with Crippen molar-refractivity contribution in [3.63, 3.8) is 0 Å². The number of carbonyl (C=O) groups is 3. The molecule has 0 N–H and O–H groups in total. The molecular weight excluding hydrogens is 2440 g/mol. The largest absolute Gasteiger partial charge is 0.421 e. The smallest absolute Gasteiger partial charge is 0.343 e. The fraction of sp³-hybridized carbons (Fsp3) is 0.138. The van der Waals surface area contributed by atoms with E-state index >= 15 is 0 Å². The van der Waals surface area contributed by atoms with Crippen LogP contribution >= 0.6 is 203 Å². The van der Waals surface area contributed by atoms with Crippen LogP contribution in [0.5, 0.6) is 17.2 Å². The standard InChI is InChI=1S/C37H36I3O2S.C25H14F2I3O2S.C25H15FI3O2S/c38-30-23-34(39)36(35(40)24-30)42-37(41)29-15-21-33(22-16-29)43(31-17-11-27(12-18-31)25-7-3-1-4-8-25)32-19-13-28(14-20-32)26-9-5-2-6-10-26;26-16-3-9-20(10-4-16)33(21-11-5-17(27)6-12-21)19-7-1-15(2-8-19)25(31)32-24-22(29)13-18(28)14-23(24)30;26-17-8-12-21(13-9-17)32(19-4-2-1-3-5-19)20-10-6-16(7-11-20)25(30)31-24-22(28)14-18(27)15-23(24)29/h11-26H,1-10H2;1-14H;1-15H/q3*+1. The molecule has 0 heterocycles. The molecule has 2 saturated carbocycles. The third kappa shape index (κ3) is 22.5. The van der Waals surface area contributed by atoms with Crippen molar-refractivity contribution in [1.29, 1.82) is 0 Å². The average Bonchev–Trinajstić information content (AvgIpc) is 0.803. The summed E-state index contributed by atoms with van der Waals surface area (Å²) >= 11 is 19.9. The molecule has 0 aliphatic heterocycles. The third-order valence-corrected chi connectivity index (χ3v) is 31.3. The highest BCUT2D eigenvalue weighted by Gasteiger charge is 2.34. The van der Waals surface area contributed by atoms with Gasteiger partial charge in [-0.15, -0.1) is 0 Å². The van der Waals surface area contributed by atoms with Gasteiger partial charge in [-0.3, -0.25) is 0 Å². The summed E-state index contributed by atoms with van der Waals surface area (Å²) in [5.74, 6) is 1.09. The summed E-state index contributed by atoms with van der Waals surface area (Å²) in [4.78, 5) is 48.5. The van der Waals surface area contributed by atoms with Gasteiger partial charge in [-0.1, -0.05) is 81.0 Å². The quantitative estimate of drug-likeness (QED) is 0.0391. The van der Waals surface area contributed by atoms with Crippen molar-refractivity contribution < 1.29 is 41.8 Å². The van der Waals surface area contributed by atoms with Gasteiger partial charge in [0.25, 0.3) is 0 Å². The lowest BCUT2D eigenvalue weighted by Gasteiger charge is -2.22. The SMILES string of the molecule is O=C(Oc1c(I)cc(I)cc1I)c1ccc([S+](c2ccc(C3CCCCC3)cc2)c2ccc(C3CCCCC3)cc2)cc1.O=C(Oc1c(I)cc(I)cc1I)c1ccc([S+](c2ccc(F)cc2)c2ccc(F)cc2)cc1.O=C(Oc1c(I)cc(I)cc1I)c1ccc([S+](c2ccccc2)c2ccc(F)cc2)cc1. The van der Waals surface area contributed by atoms with Crippen molar-refractivity contribution in [3.8, 4) is 17.2 Å². The van der Waals surface area contributed by atoms with Gasteiger partial charge in [0.2, 0.25) is 0 Å². The van der Waals surface area contributed by atoms with Gasteiger partial charge >= 0.3 is 17.9 Å². The van der Waals surface area contributed by atoms with E-state index in [0.717, 1.165) is 61.5 Å². The molecular formula is C87H65F3I9O6S3+3. The number of halogens is 12. The van der Waals surface area contributed by atoms with Crippen LogP contribution in [0.15, 0.2) is 305 Å². The van der Waals surface area contributed by atoms with Crippen molar-refractivity contribution in [2.45, 2.75) is 120 Å². The molecule has 0 spiro atoms. The number of ether oxygens (including phenoxy) is 3. The van der Waals surface area contributed by atoms with Gasteiger partial charge in [0.05, 0.1) is 70.8 Å². The lowest BCUT2D eigenvalue weighted by atomic mass is 9.84. The molecule has 0 saturated heterocycles. The Kier molecular flexibility index (Phi) is 31.6. The number of rotatable bonds is 17. The van der Waals surface area contributed by atoms with Crippen molar-refractivity contribution in [1.82, 2.24) is 0 Å². The van der Waals surface area contributed by atoms with Crippen LogP contribution in [0.2, 0.25) is 0 Å². The van der Waals surface area contributed by atoms with Crippen LogP contribution in [0.3, 0.4) is 0 Å². The molecule has 21 heteroatoms. The van der Waals surface area contributed by atoms with E-state index in [2.05, 4.69) is 276 Å². The van der Waals surface area contributed by atoms with E-state index in [0.29, 0.717) is 45.8 Å². The van der Waals surface area contributed by atoms with Gasteiger partial charge in [-0.2, -0.15) is 0 Å². The minimum atomic E-state index is -0.589. The molecule has 12 aromatic rings. The maximum atomic E-state index is 13.5. The second-order valence-electron chi connectivity index (χ2n) is 25.2. The zero-order valence-electron chi connectivity index (χ0n) is 57.3. The Labute approximate surface area is 759 Å². The Morgan fingerprint density at radius 2 is 0.472 bits per heavy atom. The molecule has 14 rings (SSSR count). The van der Waals surface area contributed by atoms with E-state index in [1.165, 1.54) is 126 Å². The second kappa shape index (κ2) is 40.6. The number of carbonyl (C=O) groups excluding carboxylic acids is 3. The Hall–Kier alpha value is -3.54. The molecule has 2 aliphatic rings. The summed E-state index contributed by atoms with van der Waals surface area (Å²) in [6.45, 7) is 0. The van der Waals surface area contributed by atoms with E-state index in [1.54, 1.807) is 48.5 Å². The molecule has 1 unspecified atom stereocenters. The molecule has 2 fully saturated rings. The van der Waals surface area contributed by atoms with Gasteiger partial charge in [-0.05, 0) is 470 Å². The summed E-state index contributed by atoms with van der Waals surface area (Å²) in [5.41, 5.74) is 4.44. The number of esters is 3. The Balaban J connectivity index is 0.000000154. The van der Waals surface area contributed by atoms with E-state index in [1.807, 2.05) is 103 Å². The Morgan fingerprint density at radius 3 is 0.704 bits per heavy atom. The van der Waals surface area contributed by atoms with Crippen LogP contribution < -0.4 is 14.2 Å². The first-order valence-electron chi connectivity index (χ1n) is 34.3. The highest BCUT2D eigenvalue weighted by Crippen LogP contribution is 2.41. The fourth-order valence-electron chi connectivity index (χ4n) is 12.6. The third-order valence-electron chi connectivity index (χ3n) is 18.0. The minimum absolute atomic E-state index is 0.261. The number of hydrogen-bond donors (Lipinski definition) is 0. The lowest BCUT2D eigenvalue weighted by molar-refractivity contribution is 0.0722. The molecule has 108 heavy (non-hydrogen) atoms. The van der Waals surface area contributed by atoms with Crippen molar-refractivity contribution in [2.24, 2.45) is 0 Å². The van der Waals surface area contributed by atoms with Crippen LogP contribution in [-0.2, 0) is 32.7 Å². The van der Waals surface area contributed by atoms with Crippen LogP contribution in [0.1, 0.15) is 118 Å². The number of hydrogen-bond acceptors (Lipinski definition) is 6. The lowest BCUT2D eigenvalue weighted by Crippen LogP contribution is -2.11. The number of benzene rings is 12. The van der Waals surface area contributed by atoms with E-state index in [4.69, 9.17) is 14.2 Å². The molecule has 548 valence electrons. The summed E-state index contributed by atoms with van der Waals surface area (Å²) in [5, 5.41) is 0. The topological polar surface area (TPSA) is 78.9 Å². The van der Waals surface area contributed by atoms with Gasteiger partial charge in [0.15, 0.2) is 61.3 Å². The summed E-state index contributed by atoms with van der Waals surface area (Å²) in [6, 6.07) is 82.8. The molecule has 2 aliphatic carbocycles. The minimum Gasteiger partial charge on any atom is -0.421 e. The first kappa shape index (κ1) is 83.9. The molecule has 12 aromatic carbocycles. The van der Waals surface area contributed by atoms with Crippen LogP contribution in [0.4, 0.5) is 13.2 Å². The monoisotopic (exact) mass is 2500 g/mol. The maximum absolute atomic E-state index is 13.5. The summed E-state index contributed by atoms with van der Waals surface area (Å²) in [6.07, 6.45) is 13.4. The Bertz CT molecular complexity index is 4930. The molecule has 0 bridgehead atoms. The molecule has 1 atom stereocenters. The predicted octanol–water partition coefficient (Wildman–Crippen LogP) is 28.0. The van der Waals surface area contributed by atoms with Crippen LogP contribution in [-0.4, -0.2) is 17.9 Å². The second-order valence-corrected chi connectivity index (χ2v) is 42.0. The van der Waals surface area contributed by atoms with E-state index in [9.17, 15) is 27.6 Å². The first-order chi connectivity index (χ1) is 52.2. The molecule has 0 amide bonds. The molecule has 0 radical (unpaired) electrons. The highest BCUT2D eigenvalue weighted by atomic mass is 127. The Morgan fingerprint density at radius 1 is 0.269 bits per heavy atom. The van der Waals surface area contributed by atoms with E-state index in [-0.39, 0.29) is 34.3 Å². The zero-order chi connectivity index (χ0) is 76.0. The average molecular weight is 2500 g/mol. The van der Waals surface area contributed by atoms with Gasteiger partial charge in [0.1, 0.15) is 17.5 Å². The van der Waals surface area contributed by atoms with Crippen LogP contribution in [0.25, 0.3) is 0 Å². The van der Waals surface area contributed by atoms with Gasteiger partial charge < -0.3 is 14.2 Å². The van der Waals surface area contributed by atoms with Crippen LogP contribution in [0, 0.1) is 49.6 Å². The maximum Gasteiger partial charge on any atom is 0.343 e. The van der Waals surface area contributed by atoms with Crippen molar-refractivity contribution in [3.05, 3.63) is 338 Å². The zero-order valence-corrected chi connectivity index (χ0v) is 79.1. The molecule has 6 nitrogen and oxygen atoms in total. The predicted molar refractivity (Wildman–Crippen MR) is 505 cm³/mol. The van der Waals surface area contributed by atoms with Crippen molar-refractivity contribution >= 4 is 254 Å². The van der Waals surface area contributed by atoms with Crippen molar-refractivity contribution in [2.75, 3.05) is 0 Å². The van der Waals surface area contributed by atoms with Gasteiger partial charge in [0, 0.05) is 10.7 Å². The normalized spacial score (nSPS) is 13.4. The highest BCUT2D eigenvalue weighted by molar-refractivity contribution is 14.1. The van der Waals surface area contributed by atoms with E-state index < -0.39 is 33.7 Å². The summed E-state index contributed by atoms with van der Waals surface area (Å²) in [7, 11) is -1.27.